The predicted octanol–water partition coefficient (Wildman–Crippen LogP) is 11.6. The van der Waals surface area contributed by atoms with Gasteiger partial charge in [0, 0.05) is 38.6 Å². The van der Waals surface area contributed by atoms with Crippen LogP contribution in [0.3, 0.4) is 0 Å². The molecule has 0 spiro atoms. The van der Waals surface area contributed by atoms with Crippen molar-refractivity contribution in [2.75, 3.05) is 4.90 Å². The topological polar surface area (TPSA) is 13.1 Å². The molecule has 2 heterocycles. The van der Waals surface area contributed by atoms with E-state index in [1.165, 1.54) is 12.1 Å². The van der Waals surface area contributed by atoms with Crippen LogP contribution in [0, 0.1) is 11.6 Å². The highest BCUT2D eigenvalue weighted by atomic mass is 19.1. The van der Waals surface area contributed by atoms with Gasteiger partial charge in [-0.2, -0.15) is 0 Å². The van der Waals surface area contributed by atoms with Crippen LogP contribution in [0.4, 0.5) is 25.8 Å². The van der Waals surface area contributed by atoms with Crippen LogP contribution in [0.2, 0.25) is 0 Å². The summed E-state index contributed by atoms with van der Waals surface area (Å²) in [6.45, 7) is 0. The molecule has 9 rings (SSSR count). The van der Waals surface area contributed by atoms with Crippen molar-refractivity contribution >= 4 is 60.7 Å². The molecule has 0 aliphatic rings. The molecule has 0 saturated heterocycles. The Bertz CT molecular complexity index is 2450. The van der Waals surface area contributed by atoms with Crippen LogP contribution >= 0.6 is 0 Å². The number of halogens is 2. The van der Waals surface area contributed by atoms with Gasteiger partial charge in [-0.25, -0.2) is 8.78 Å². The van der Waals surface area contributed by atoms with Gasteiger partial charge in [0.05, 0.1) is 33.4 Å². The number of anilines is 3. The summed E-state index contributed by atoms with van der Waals surface area (Å²) < 4.78 is 33.4. The van der Waals surface area contributed by atoms with Gasteiger partial charge in [-0.1, -0.05) is 78.9 Å². The summed E-state index contributed by atoms with van der Waals surface area (Å²) in [6.07, 6.45) is 0. The quantitative estimate of drug-likeness (QED) is 0.189. The van der Waals surface area contributed by atoms with E-state index in [0.29, 0.717) is 0 Å². The average Bonchev–Trinajstić information content (AvgIpc) is 3.63. The summed E-state index contributed by atoms with van der Waals surface area (Å²) in [5.41, 5.74) is 8.46. The minimum Gasteiger partial charge on any atom is -0.309 e. The van der Waals surface area contributed by atoms with Crippen molar-refractivity contribution in [3.05, 3.63) is 175 Å². The molecular weight excluding hydrogens is 584 g/mol. The first kappa shape index (κ1) is 27.1. The normalized spacial score (nSPS) is 11.6. The largest absolute Gasteiger partial charge is 0.309 e. The van der Waals surface area contributed by atoms with E-state index in [-0.39, 0.29) is 11.6 Å². The van der Waals surface area contributed by atoms with Crippen molar-refractivity contribution in [2.45, 2.75) is 0 Å². The Labute approximate surface area is 269 Å². The molecule has 0 atom stereocenters. The van der Waals surface area contributed by atoms with Crippen molar-refractivity contribution in [3.8, 4) is 11.4 Å². The number of hydrogen-bond acceptors (Lipinski definition) is 1. The third-order valence-corrected chi connectivity index (χ3v) is 8.98. The highest BCUT2D eigenvalue weighted by molar-refractivity contribution is 6.20. The minimum atomic E-state index is -0.281. The zero-order valence-electron chi connectivity index (χ0n) is 25.2. The molecule has 0 N–H and O–H groups in total. The first-order valence-electron chi connectivity index (χ1n) is 15.6. The Balaban J connectivity index is 1.41. The standard InChI is InChI=1S/C42H27F2N3/c43-28-12-8-16-31(26-28)46-35-20-6-4-18-33(35)41-37(22-10-24-39(41)46)45(30-14-2-1-3-15-30)38-23-11-25-40-42(38)34-19-5-7-21-36(34)47(40)32-17-9-13-29(44)27-32/h1-27H. The van der Waals surface area contributed by atoms with Crippen LogP contribution < -0.4 is 4.90 Å². The van der Waals surface area contributed by atoms with Crippen molar-refractivity contribution in [2.24, 2.45) is 0 Å². The molecule has 5 heteroatoms. The van der Waals surface area contributed by atoms with E-state index >= 15 is 0 Å². The van der Waals surface area contributed by atoms with Crippen molar-refractivity contribution in [1.29, 1.82) is 0 Å². The average molecular weight is 612 g/mol. The number of aromatic nitrogens is 2. The predicted molar refractivity (Wildman–Crippen MR) is 190 cm³/mol. The van der Waals surface area contributed by atoms with Crippen LogP contribution in [0.5, 0.6) is 0 Å². The fraction of sp³-hybridized carbons (Fsp3) is 0. The molecule has 7 aromatic carbocycles. The lowest BCUT2D eigenvalue weighted by Gasteiger charge is -2.27. The Morgan fingerprint density at radius 1 is 0.383 bits per heavy atom. The molecule has 224 valence electrons. The highest BCUT2D eigenvalue weighted by Crippen LogP contribution is 2.47. The molecule has 0 unspecified atom stereocenters. The summed E-state index contributed by atoms with van der Waals surface area (Å²) in [7, 11) is 0. The number of fused-ring (bicyclic) bond motifs is 6. The van der Waals surface area contributed by atoms with Gasteiger partial charge in [0.25, 0.3) is 0 Å². The van der Waals surface area contributed by atoms with Gasteiger partial charge >= 0.3 is 0 Å². The van der Waals surface area contributed by atoms with Gasteiger partial charge in [-0.15, -0.1) is 0 Å². The van der Waals surface area contributed by atoms with E-state index in [9.17, 15) is 8.78 Å². The third-order valence-electron chi connectivity index (χ3n) is 8.98. The molecule has 3 nitrogen and oxygen atoms in total. The summed E-state index contributed by atoms with van der Waals surface area (Å²) in [4.78, 5) is 2.31. The number of para-hydroxylation sites is 3. The molecule has 47 heavy (non-hydrogen) atoms. The first-order chi connectivity index (χ1) is 23.2. The number of rotatable bonds is 5. The molecule has 0 bridgehead atoms. The van der Waals surface area contributed by atoms with Crippen LogP contribution in [-0.4, -0.2) is 9.13 Å². The van der Waals surface area contributed by atoms with Crippen LogP contribution in [0.1, 0.15) is 0 Å². The number of hydrogen-bond donors (Lipinski definition) is 0. The Hall–Kier alpha value is -6.20. The van der Waals surface area contributed by atoms with E-state index in [1.807, 2.05) is 30.3 Å². The van der Waals surface area contributed by atoms with Gasteiger partial charge in [0.1, 0.15) is 11.6 Å². The van der Waals surface area contributed by atoms with Gasteiger partial charge in [-0.3, -0.25) is 0 Å². The summed E-state index contributed by atoms with van der Waals surface area (Å²) in [5, 5.41) is 4.25. The second kappa shape index (κ2) is 10.7. The highest BCUT2D eigenvalue weighted by Gasteiger charge is 2.24. The molecule has 0 aliphatic heterocycles. The Kier molecular flexibility index (Phi) is 6.18. The monoisotopic (exact) mass is 611 g/mol. The summed E-state index contributed by atoms with van der Waals surface area (Å²) in [5.74, 6) is -0.561. The van der Waals surface area contributed by atoms with Gasteiger partial charge < -0.3 is 14.0 Å². The Morgan fingerprint density at radius 2 is 0.809 bits per heavy atom. The minimum absolute atomic E-state index is 0.281. The maximum absolute atomic E-state index is 14.6. The maximum atomic E-state index is 14.6. The van der Waals surface area contributed by atoms with Gasteiger partial charge in [0.2, 0.25) is 0 Å². The molecule has 0 saturated carbocycles. The van der Waals surface area contributed by atoms with Crippen molar-refractivity contribution in [1.82, 2.24) is 9.13 Å². The third kappa shape index (κ3) is 4.24. The first-order valence-corrected chi connectivity index (χ1v) is 15.6. The zero-order chi connectivity index (χ0) is 31.5. The van der Waals surface area contributed by atoms with Gasteiger partial charge in [-0.05, 0) is 84.9 Å². The molecule has 0 amide bonds. The molecule has 0 radical (unpaired) electrons. The fourth-order valence-corrected chi connectivity index (χ4v) is 7.15. The van der Waals surface area contributed by atoms with E-state index in [4.69, 9.17) is 0 Å². The van der Waals surface area contributed by atoms with Crippen molar-refractivity contribution < 1.29 is 8.78 Å². The number of nitrogens with zero attached hydrogens (tertiary/aromatic N) is 3. The summed E-state index contributed by atoms with van der Waals surface area (Å²) in [6, 6.07) is 53.1. The number of benzene rings is 7. The van der Waals surface area contributed by atoms with Crippen molar-refractivity contribution in [3.63, 3.8) is 0 Å². The van der Waals surface area contributed by atoms with E-state index in [1.54, 1.807) is 24.3 Å². The second-order valence-corrected chi connectivity index (χ2v) is 11.7. The van der Waals surface area contributed by atoms with E-state index in [2.05, 4.69) is 111 Å². The van der Waals surface area contributed by atoms with E-state index in [0.717, 1.165) is 72.0 Å². The van der Waals surface area contributed by atoms with E-state index < -0.39 is 0 Å². The smallest absolute Gasteiger partial charge is 0.125 e. The zero-order valence-corrected chi connectivity index (χ0v) is 25.2. The summed E-state index contributed by atoms with van der Waals surface area (Å²) >= 11 is 0. The fourth-order valence-electron chi connectivity index (χ4n) is 7.15. The lowest BCUT2D eigenvalue weighted by atomic mass is 10.1. The lowest BCUT2D eigenvalue weighted by molar-refractivity contribution is 0.626. The van der Waals surface area contributed by atoms with Crippen LogP contribution in [0.15, 0.2) is 164 Å². The van der Waals surface area contributed by atoms with Crippen LogP contribution in [-0.2, 0) is 0 Å². The second-order valence-electron chi connectivity index (χ2n) is 11.7. The molecule has 2 aromatic heterocycles. The molecule has 0 fully saturated rings. The molecule has 0 aliphatic carbocycles. The molecular formula is C42H27F2N3. The maximum Gasteiger partial charge on any atom is 0.125 e. The van der Waals surface area contributed by atoms with Crippen LogP contribution in [0.25, 0.3) is 55.0 Å². The lowest BCUT2D eigenvalue weighted by Crippen LogP contribution is -2.11. The molecule has 9 aromatic rings. The van der Waals surface area contributed by atoms with Gasteiger partial charge in [0.15, 0.2) is 0 Å². The Morgan fingerprint density at radius 3 is 1.30 bits per heavy atom. The SMILES string of the molecule is Fc1cccc(-n2c3ccccc3c3c(N(c4ccccc4)c4cccc5c4c4ccccc4n5-c4cccc(F)c4)cccc32)c1.